The number of ether oxygens (including phenoxy) is 2. The minimum Gasteiger partial charge on any atom is -0.394 e. The molecule has 88 valence electrons. The molecule has 15 heavy (non-hydrogen) atoms. The van der Waals surface area contributed by atoms with E-state index in [1.165, 1.54) is 14.0 Å². The molecule has 0 spiro atoms. The molecule has 0 saturated carbocycles. The van der Waals surface area contributed by atoms with Gasteiger partial charge in [0.15, 0.2) is 6.29 Å². The molecule has 2 unspecified atom stereocenters. The van der Waals surface area contributed by atoms with Gasteiger partial charge in [-0.25, -0.2) is 0 Å². The van der Waals surface area contributed by atoms with Gasteiger partial charge in [-0.05, 0) is 12.3 Å². The smallest absolute Gasteiger partial charge is 0.217 e. The second-order valence-electron chi connectivity index (χ2n) is 3.98. The number of nitrogens with one attached hydrogen (secondary N) is 1. The number of rotatable bonds is 3. The van der Waals surface area contributed by atoms with Crippen LogP contribution in [0.5, 0.6) is 0 Å². The zero-order valence-electron chi connectivity index (χ0n) is 9.40. The molecule has 2 N–H and O–H groups in total. The summed E-state index contributed by atoms with van der Waals surface area (Å²) in [6.07, 6.45) is 0.0748. The molecule has 0 aromatic rings. The molecule has 5 heteroatoms. The van der Waals surface area contributed by atoms with Crippen LogP contribution < -0.4 is 5.32 Å². The summed E-state index contributed by atoms with van der Waals surface area (Å²) in [5.41, 5.74) is 0. The summed E-state index contributed by atoms with van der Waals surface area (Å²) in [5.74, 6) is 0.110. The molecule has 5 nitrogen and oxygen atoms in total. The average molecular weight is 217 g/mol. The Hall–Kier alpha value is -0.650. The maximum atomic E-state index is 11.0. The quantitative estimate of drug-likeness (QED) is 0.691. The summed E-state index contributed by atoms with van der Waals surface area (Å²) in [6.45, 7) is 3.44. The van der Waals surface area contributed by atoms with E-state index in [1.54, 1.807) is 0 Å². The number of hydrogen-bond donors (Lipinski definition) is 2. The van der Waals surface area contributed by atoms with Crippen molar-refractivity contribution in [3.63, 3.8) is 0 Å². The molecule has 1 fully saturated rings. The number of carbonyl (C=O) groups is 1. The van der Waals surface area contributed by atoms with Crippen LogP contribution in [0.1, 0.15) is 20.3 Å². The summed E-state index contributed by atoms with van der Waals surface area (Å²) < 4.78 is 10.7. The van der Waals surface area contributed by atoms with E-state index in [0.717, 1.165) is 6.42 Å². The van der Waals surface area contributed by atoms with Crippen molar-refractivity contribution in [3.05, 3.63) is 0 Å². The van der Waals surface area contributed by atoms with Gasteiger partial charge in [-0.2, -0.15) is 0 Å². The summed E-state index contributed by atoms with van der Waals surface area (Å²) in [4.78, 5) is 11.0. The van der Waals surface area contributed by atoms with Crippen molar-refractivity contribution in [2.24, 2.45) is 5.92 Å². The van der Waals surface area contributed by atoms with Gasteiger partial charge < -0.3 is 19.9 Å². The zero-order valence-corrected chi connectivity index (χ0v) is 9.40. The molecule has 0 aromatic heterocycles. The van der Waals surface area contributed by atoms with Crippen LogP contribution in [0.4, 0.5) is 0 Å². The van der Waals surface area contributed by atoms with E-state index in [0.29, 0.717) is 0 Å². The lowest BCUT2D eigenvalue weighted by Gasteiger charge is -2.38. The predicted octanol–water partition coefficient (Wildman–Crippen LogP) is -0.119. The number of amides is 1. The highest BCUT2D eigenvalue weighted by Gasteiger charge is 2.35. The Morgan fingerprint density at radius 2 is 2.33 bits per heavy atom. The second-order valence-corrected chi connectivity index (χ2v) is 3.98. The van der Waals surface area contributed by atoms with Gasteiger partial charge in [0.1, 0.15) is 0 Å². The Kier molecular flexibility index (Phi) is 4.50. The SMILES string of the molecule is CO[C@@H]1OC(CO)[C@@H](C)CC1NC(C)=O. The van der Waals surface area contributed by atoms with Gasteiger partial charge in [0, 0.05) is 14.0 Å². The van der Waals surface area contributed by atoms with Gasteiger partial charge in [-0.3, -0.25) is 4.79 Å². The first kappa shape index (κ1) is 12.4. The van der Waals surface area contributed by atoms with Crippen LogP contribution in [-0.2, 0) is 14.3 Å². The molecule has 0 bridgehead atoms. The van der Waals surface area contributed by atoms with Crippen LogP contribution in [0.15, 0.2) is 0 Å². The topological polar surface area (TPSA) is 67.8 Å². The second kappa shape index (κ2) is 5.44. The van der Waals surface area contributed by atoms with Crippen molar-refractivity contribution in [1.82, 2.24) is 5.32 Å². The number of aliphatic hydroxyl groups excluding tert-OH is 1. The van der Waals surface area contributed by atoms with Crippen molar-refractivity contribution in [2.75, 3.05) is 13.7 Å². The van der Waals surface area contributed by atoms with Crippen LogP contribution >= 0.6 is 0 Å². The fourth-order valence-electron chi connectivity index (χ4n) is 1.90. The van der Waals surface area contributed by atoms with Gasteiger partial charge in [-0.15, -0.1) is 0 Å². The molecule has 1 aliphatic heterocycles. The first-order valence-corrected chi connectivity index (χ1v) is 5.14. The molecule has 1 heterocycles. The van der Waals surface area contributed by atoms with E-state index in [2.05, 4.69) is 5.32 Å². The van der Waals surface area contributed by atoms with Crippen LogP contribution in [-0.4, -0.2) is 43.2 Å². The molecule has 0 aliphatic carbocycles. The summed E-state index contributed by atoms with van der Waals surface area (Å²) in [6, 6.07) is -0.134. The highest BCUT2D eigenvalue weighted by atomic mass is 16.7. The highest BCUT2D eigenvalue weighted by Crippen LogP contribution is 2.25. The molecule has 0 aromatic carbocycles. The number of hydrogen-bond acceptors (Lipinski definition) is 4. The Labute approximate surface area is 89.8 Å². The standard InChI is InChI=1S/C10H19NO4/c1-6-4-8(11-7(2)13)10(14-3)15-9(6)5-12/h6,8-10,12H,4-5H2,1-3H3,(H,11,13)/t6-,8?,9?,10+/m0/s1. The van der Waals surface area contributed by atoms with Crippen molar-refractivity contribution in [3.8, 4) is 0 Å². The molecule has 1 saturated heterocycles. The van der Waals surface area contributed by atoms with Gasteiger partial charge in [0.25, 0.3) is 0 Å². The van der Waals surface area contributed by atoms with Crippen molar-refractivity contribution >= 4 is 5.91 Å². The van der Waals surface area contributed by atoms with Gasteiger partial charge in [0.05, 0.1) is 18.8 Å². The third-order valence-electron chi connectivity index (χ3n) is 2.70. The van der Waals surface area contributed by atoms with Gasteiger partial charge in [0.2, 0.25) is 5.91 Å². The lowest BCUT2D eigenvalue weighted by molar-refractivity contribution is -0.217. The van der Waals surface area contributed by atoms with Crippen LogP contribution in [0.2, 0.25) is 0 Å². The van der Waals surface area contributed by atoms with Crippen LogP contribution in [0.25, 0.3) is 0 Å². The minimum atomic E-state index is -0.470. The van der Waals surface area contributed by atoms with Crippen molar-refractivity contribution in [1.29, 1.82) is 0 Å². The largest absolute Gasteiger partial charge is 0.394 e. The highest BCUT2D eigenvalue weighted by molar-refractivity contribution is 5.73. The fourth-order valence-corrected chi connectivity index (χ4v) is 1.90. The summed E-state index contributed by atoms with van der Waals surface area (Å²) >= 11 is 0. The predicted molar refractivity (Wildman–Crippen MR) is 54.1 cm³/mol. The van der Waals surface area contributed by atoms with Crippen LogP contribution in [0, 0.1) is 5.92 Å². The van der Waals surface area contributed by atoms with E-state index >= 15 is 0 Å². The van der Waals surface area contributed by atoms with E-state index < -0.39 is 6.29 Å². The lowest BCUT2D eigenvalue weighted by Crippen LogP contribution is -2.53. The monoisotopic (exact) mass is 217 g/mol. The van der Waals surface area contributed by atoms with E-state index in [1.807, 2.05) is 6.92 Å². The third kappa shape index (κ3) is 3.15. The Bertz CT molecular complexity index is 221. The lowest BCUT2D eigenvalue weighted by atomic mass is 9.93. The third-order valence-corrected chi connectivity index (χ3v) is 2.70. The molecule has 1 amide bonds. The molecule has 1 aliphatic rings. The number of methoxy groups -OCH3 is 1. The average Bonchev–Trinajstić information content (AvgIpc) is 2.17. The first-order valence-electron chi connectivity index (χ1n) is 5.14. The van der Waals surface area contributed by atoms with Crippen molar-refractivity contribution < 1.29 is 19.4 Å². The van der Waals surface area contributed by atoms with E-state index in [-0.39, 0.29) is 30.6 Å². The summed E-state index contributed by atoms with van der Waals surface area (Å²) in [7, 11) is 1.53. The minimum absolute atomic E-state index is 0.0200. The summed E-state index contributed by atoms with van der Waals surface area (Å²) in [5, 5.41) is 11.9. The molecule has 1 rings (SSSR count). The van der Waals surface area contributed by atoms with Gasteiger partial charge in [-0.1, -0.05) is 6.92 Å². The van der Waals surface area contributed by atoms with E-state index in [9.17, 15) is 4.79 Å². The Morgan fingerprint density at radius 3 is 2.80 bits per heavy atom. The Morgan fingerprint density at radius 1 is 1.67 bits per heavy atom. The Balaban J connectivity index is 2.60. The number of carbonyl (C=O) groups excluding carboxylic acids is 1. The maximum Gasteiger partial charge on any atom is 0.217 e. The zero-order chi connectivity index (χ0) is 11.4. The molecular weight excluding hydrogens is 198 g/mol. The van der Waals surface area contributed by atoms with Gasteiger partial charge >= 0.3 is 0 Å². The van der Waals surface area contributed by atoms with E-state index in [4.69, 9.17) is 14.6 Å². The van der Waals surface area contributed by atoms with Crippen LogP contribution in [0.3, 0.4) is 0 Å². The molecule has 0 radical (unpaired) electrons. The molecular formula is C10H19NO4. The fraction of sp³-hybridized carbons (Fsp3) is 0.900. The van der Waals surface area contributed by atoms with Crippen molar-refractivity contribution in [2.45, 2.75) is 38.7 Å². The first-order chi connectivity index (χ1) is 7.08. The normalized spacial score (nSPS) is 36.3. The maximum absolute atomic E-state index is 11.0. The molecule has 4 atom stereocenters. The number of aliphatic hydroxyl groups is 1.